The van der Waals surface area contributed by atoms with Gasteiger partial charge in [-0.2, -0.15) is 0 Å². The molecule has 124 valence electrons. The predicted octanol–water partition coefficient (Wildman–Crippen LogP) is 4.82. The van der Waals surface area contributed by atoms with Crippen molar-refractivity contribution in [2.75, 3.05) is 0 Å². The van der Waals surface area contributed by atoms with E-state index in [1.54, 1.807) is 27.7 Å². The molecule has 2 heterocycles. The number of fused-ring (bicyclic) bond motifs is 3. The first kappa shape index (κ1) is 16.2. The van der Waals surface area contributed by atoms with Crippen molar-refractivity contribution >= 4 is 44.9 Å². The fourth-order valence-corrected chi connectivity index (χ4v) is 5.71. The summed E-state index contributed by atoms with van der Waals surface area (Å²) in [5.74, 6) is 0.705. The molecular weight excluding hydrogens is 360 g/mol. The molecule has 2 aromatic heterocycles. The van der Waals surface area contributed by atoms with Crippen LogP contribution in [0, 0.1) is 0 Å². The first-order valence-corrected chi connectivity index (χ1v) is 10.2. The lowest BCUT2D eigenvalue weighted by atomic mass is 9.97. The second kappa shape index (κ2) is 6.54. The minimum absolute atomic E-state index is 0.0843. The van der Waals surface area contributed by atoms with Crippen LogP contribution in [-0.4, -0.2) is 9.55 Å². The van der Waals surface area contributed by atoms with Gasteiger partial charge in [0.1, 0.15) is 4.83 Å². The van der Waals surface area contributed by atoms with Crippen LogP contribution >= 0.6 is 34.7 Å². The topological polar surface area (TPSA) is 34.9 Å². The van der Waals surface area contributed by atoms with Crippen molar-refractivity contribution in [3.05, 3.63) is 55.6 Å². The Hall–Kier alpha value is -1.30. The van der Waals surface area contributed by atoms with Crippen molar-refractivity contribution < 1.29 is 0 Å². The van der Waals surface area contributed by atoms with Crippen LogP contribution < -0.4 is 5.56 Å². The van der Waals surface area contributed by atoms with Crippen LogP contribution in [0.3, 0.4) is 0 Å². The van der Waals surface area contributed by atoms with Crippen LogP contribution in [-0.2, 0) is 25.6 Å². The van der Waals surface area contributed by atoms with E-state index >= 15 is 0 Å². The molecule has 0 fully saturated rings. The molecule has 4 rings (SSSR count). The van der Waals surface area contributed by atoms with Gasteiger partial charge in [0.05, 0.1) is 5.39 Å². The summed E-state index contributed by atoms with van der Waals surface area (Å²) < 4.78 is 1.69. The van der Waals surface area contributed by atoms with Gasteiger partial charge >= 0.3 is 0 Å². The molecule has 0 N–H and O–H groups in total. The molecule has 3 nitrogen and oxygen atoms in total. The van der Waals surface area contributed by atoms with Gasteiger partial charge in [-0.05, 0) is 42.9 Å². The monoisotopic (exact) mass is 376 g/mol. The SMILES string of the molecule is Cn1c(SCc2ccccc2Cl)nc2sc3c(c2c1=O)CCCC3. The second-order valence-electron chi connectivity index (χ2n) is 6.03. The van der Waals surface area contributed by atoms with Gasteiger partial charge < -0.3 is 0 Å². The Kier molecular flexibility index (Phi) is 4.41. The Labute approximate surface area is 153 Å². The number of aryl methyl sites for hydroxylation is 2. The van der Waals surface area contributed by atoms with Crippen LogP contribution in [0.2, 0.25) is 5.02 Å². The highest BCUT2D eigenvalue weighted by atomic mass is 35.5. The summed E-state index contributed by atoms with van der Waals surface area (Å²) in [6.07, 6.45) is 4.49. The third-order valence-corrected chi connectivity index (χ3v) is 7.10. The third-order valence-electron chi connectivity index (χ3n) is 4.47. The number of halogens is 1. The first-order chi connectivity index (χ1) is 11.6. The molecule has 3 aromatic rings. The average molecular weight is 377 g/mol. The predicted molar refractivity (Wildman–Crippen MR) is 103 cm³/mol. The van der Waals surface area contributed by atoms with Gasteiger partial charge in [-0.15, -0.1) is 11.3 Å². The maximum absolute atomic E-state index is 12.9. The maximum Gasteiger partial charge on any atom is 0.262 e. The summed E-state index contributed by atoms with van der Waals surface area (Å²) in [4.78, 5) is 19.9. The number of nitrogens with zero attached hydrogens (tertiary/aromatic N) is 2. The summed E-state index contributed by atoms with van der Waals surface area (Å²) >= 11 is 9.49. The van der Waals surface area contributed by atoms with Crippen LogP contribution in [0.25, 0.3) is 10.2 Å². The van der Waals surface area contributed by atoms with Crippen molar-refractivity contribution in [2.45, 2.75) is 36.6 Å². The van der Waals surface area contributed by atoms with E-state index in [9.17, 15) is 4.79 Å². The van der Waals surface area contributed by atoms with Gasteiger partial charge in [0.15, 0.2) is 5.16 Å². The molecule has 0 bridgehead atoms. The minimum atomic E-state index is 0.0843. The number of hydrogen-bond donors (Lipinski definition) is 0. The normalized spacial score (nSPS) is 14.1. The van der Waals surface area contributed by atoms with E-state index in [2.05, 4.69) is 0 Å². The summed E-state index contributed by atoms with van der Waals surface area (Å²) in [5, 5.41) is 2.35. The molecule has 0 amide bonds. The standard InChI is InChI=1S/C18H17ClN2OS2/c1-21-17(22)15-12-7-3-5-9-14(12)24-16(15)20-18(21)23-10-11-6-2-4-8-13(11)19/h2,4,6,8H,3,5,7,9-10H2,1H3. The molecule has 0 aliphatic heterocycles. The number of aromatic nitrogens is 2. The van der Waals surface area contributed by atoms with Crippen LogP contribution in [0.15, 0.2) is 34.2 Å². The van der Waals surface area contributed by atoms with E-state index in [0.29, 0.717) is 5.75 Å². The molecular formula is C18H17ClN2OS2. The summed E-state index contributed by atoms with van der Waals surface area (Å²) in [6.45, 7) is 0. The fraction of sp³-hybridized carbons (Fsp3) is 0.333. The third kappa shape index (κ3) is 2.79. The molecule has 0 saturated carbocycles. The van der Waals surface area contributed by atoms with E-state index in [-0.39, 0.29) is 5.56 Å². The van der Waals surface area contributed by atoms with Gasteiger partial charge in [-0.3, -0.25) is 9.36 Å². The van der Waals surface area contributed by atoms with E-state index in [1.807, 2.05) is 31.3 Å². The fourth-order valence-electron chi connectivity index (χ4n) is 3.15. The van der Waals surface area contributed by atoms with Crippen molar-refractivity contribution in [3.63, 3.8) is 0 Å². The molecule has 1 aliphatic rings. The lowest BCUT2D eigenvalue weighted by molar-refractivity contribution is 0.695. The van der Waals surface area contributed by atoms with Gasteiger partial charge in [0, 0.05) is 22.7 Å². The quantitative estimate of drug-likeness (QED) is 0.485. The lowest BCUT2D eigenvalue weighted by Crippen LogP contribution is -2.20. The molecule has 6 heteroatoms. The average Bonchev–Trinajstić information content (AvgIpc) is 2.96. The molecule has 1 aromatic carbocycles. The Morgan fingerprint density at radius 3 is 2.92 bits per heavy atom. The molecule has 0 saturated heterocycles. The van der Waals surface area contributed by atoms with Gasteiger partial charge in [-0.25, -0.2) is 4.98 Å². The lowest BCUT2D eigenvalue weighted by Gasteiger charge is -2.11. The zero-order chi connectivity index (χ0) is 16.7. The Morgan fingerprint density at radius 2 is 2.08 bits per heavy atom. The van der Waals surface area contributed by atoms with Crippen molar-refractivity contribution in [1.29, 1.82) is 0 Å². The molecule has 0 unspecified atom stereocenters. The van der Waals surface area contributed by atoms with Gasteiger partial charge in [0.2, 0.25) is 0 Å². The molecule has 0 atom stereocenters. The number of benzene rings is 1. The van der Waals surface area contributed by atoms with Crippen molar-refractivity contribution in [1.82, 2.24) is 9.55 Å². The second-order valence-corrected chi connectivity index (χ2v) is 8.46. The number of thioether (sulfide) groups is 1. The van der Waals surface area contributed by atoms with Crippen molar-refractivity contribution in [2.24, 2.45) is 7.05 Å². The van der Waals surface area contributed by atoms with E-state index < -0.39 is 0 Å². The highest BCUT2D eigenvalue weighted by Crippen LogP contribution is 2.35. The molecule has 24 heavy (non-hydrogen) atoms. The molecule has 1 aliphatic carbocycles. The zero-order valence-electron chi connectivity index (χ0n) is 13.3. The van der Waals surface area contributed by atoms with E-state index in [0.717, 1.165) is 38.8 Å². The number of rotatable bonds is 3. The van der Waals surface area contributed by atoms with Crippen LogP contribution in [0.4, 0.5) is 0 Å². The number of hydrogen-bond acceptors (Lipinski definition) is 4. The number of thiophene rings is 1. The highest BCUT2D eigenvalue weighted by molar-refractivity contribution is 7.98. The summed E-state index contributed by atoms with van der Waals surface area (Å²) in [5.41, 5.74) is 2.39. The first-order valence-electron chi connectivity index (χ1n) is 8.02. The van der Waals surface area contributed by atoms with Crippen LogP contribution in [0.5, 0.6) is 0 Å². The maximum atomic E-state index is 12.9. The van der Waals surface area contributed by atoms with E-state index in [4.69, 9.17) is 16.6 Å². The van der Waals surface area contributed by atoms with Crippen LogP contribution in [0.1, 0.15) is 28.8 Å². The smallest absolute Gasteiger partial charge is 0.262 e. The molecule has 0 radical (unpaired) electrons. The molecule has 0 spiro atoms. The van der Waals surface area contributed by atoms with Crippen molar-refractivity contribution in [3.8, 4) is 0 Å². The highest BCUT2D eigenvalue weighted by Gasteiger charge is 2.21. The summed E-state index contributed by atoms with van der Waals surface area (Å²) in [7, 11) is 1.82. The zero-order valence-corrected chi connectivity index (χ0v) is 15.7. The minimum Gasteiger partial charge on any atom is -0.290 e. The Morgan fingerprint density at radius 1 is 1.29 bits per heavy atom. The van der Waals surface area contributed by atoms with Gasteiger partial charge in [-0.1, -0.05) is 41.6 Å². The Balaban J connectivity index is 1.73. The summed E-state index contributed by atoms with van der Waals surface area (Å²) in [6, 6.07) is 7.80. The largest absolute Gasteiger partial charge is 0.290 e. The van der Waals surface area contributed by atoms with E-state index in [1.165, 1.54) is 23.3 Å². The van der Waals surface area contributed by atoms with Gasteiger partial charge in [0.25, 0.3) is 5.56 Å². The Bertz CT molecular complexity index is 977.